The molecule has 0 amide bonds. The third-order valence-electron chi connectivity index (χ3n) is 2.49. The van der Waals surface area contributed by atoms with Crippen molar-refractivity contribution in [3.63, 3.8) is 0 Å². The Kier molecular flexibility index (Phi) is 2.75. The molecule has 0 saturated heterocycles. The van der Waals surface area contributed by atoms with Gasteiger partial charge in [-0.2, -0.15) is 4.37 Å². The average Bonchev–Trinajstić information content (AvgIpc) is 2.61. The molecule has 2 atom stereocenters. The van der Waals surface area contributed by atoms with Crippen LogP contribution < -0.4 is 11.1 Å². The summed E-state index contributed by atoms with van der Waals surface area (Å²) < 4.78 is 3.94. The largest absolute Gasteiger partial charge is 0.356 e. The summed E-state index contributed by atoms with van der Waals surface area (Å²) in [5.74, 6) is 0. The minimum atomic E-state index is 0.276. The van der Waals surface area contributed by atoms with Gasteiger partial charge in [-0.25, -0.2) is 4.98 Å². The van der Waals surface area contributed by atoms with Crippen molar-refractivity contribution in [1.29, 1.82) is 0 Å². The SMILES string of the molecule is NC1CCCCC1Nc1ncns1. The first-order valence-corrected chi connectivity index (χ1v) is 5.42. The highest BCUT2D eigenvalue weighted by molar-refractivity contribution is 7.09. The van der Waals surface area contributed by atoms with Gasteiger partial charge in [-0.3, -0.25) is 0 Å². The molecule has 1 fully saturated rings. The maximum atomic E-state index is 5.99. The van der Waals surface area contributed by atoms with Gasteiger partial charge in [0.15, 0.2) is 0 Å². The van der Waals surface area contributed by atoms with Crippen LogP contribution in [0.1, 0.15) is 25.7 Å². The van der Waals surface area contributed by atoms with Crippen molar-refractivity contribution in [2.75, 3.05) is 5.32 Å². The maximum absolute atomic E-state index is 5.99. The number of aromatic nitrogens is 2. The first-order valence-electron chi connectivity index (χ1n) is 4.65. The predicted molar refractivity (Wildman–Crippen MR) is 53.8 cm³/mol. The van der Waals surface area contributed by atoms with Crippen LogP contribution in [0.5, 0.6) is 0 Å². The van der Waals surface area contributed by atoms with Gasteiger partial charge in [-0.1, -0.05) is 12.8 Å². The van der Waals surface area contributed by atoms with Crippen molar-refractivity contribution in [1.82, 2.24) is 9.36 Å². The highest BCUT2D eigenvalue weighted by atomic mass is 32.1. The van der Waals surface area contributed by atoms with Crippen LogP contribution in [0, 0.1) is 0 Å². The summed E-state index contributed by atoms with van der Waals surface area (Å²) in [6.07, 6.45) is 6.37. The van der Waals surface area contributed by atoms with E-state index in [1.54, 1.807) is 6.33 Å². The fraction of sp³-hybridized carbons (Fsp3) is 0.750. The van der Waals surface area contributed by atoms with E-state index in [2.05, 4.69) is 14.7 Å². The van der Waals surface area contributed by atoms with Gasteiger partial charge in [-0.05, 0) is 12.8 Å². The molecule has 3 N–H and O–H groups in total. The zero-order chi connectivity index (χ0) is 9.10. The molecule has 0 bridgehead atoms. The van der Waals surface area contributed by atoms with Gasteiger partial charge in [0.2, 0.25) is 5.13 Å². The molecule has 0 radical (unpaired) electrons. The Bertz CT molecular complexity index is 249. The van der Waals surface area contributed by atoms with Gasteiger partial charge in [0.05, 0.1) is 0 Å². The van der Waals surface area contributed by atoms with Gasteiger partial charge in [0.1, 0.15) is 6.33 Å². The third kappa shape index (κ3) is 2.16. The molecule has 1 aromatic heterocycles. The summed E-state index contributed by atoms with van der Waals surface area (Å²) >= 11 is 1.39. The maximum Gasteiger partial charge on any atom is 0.202 e. The predicted octanol–water partition coefficient (Wildman–Crippen LogP) is 1.22. The lowest BCUT2D eigenvalue weighted by molar-refractivity contribution is 0.404. The minimum Gasteiger partial charge on any atom is -0.356 e. The van der Waals surface area contributed by atoms with E-state index in [4.69, 9.17) is 5.73 Å². The normalized spacial score (nSPS) is 28.7. The Morgan fingerprint density at radius 2 is 2.31 bits per heavy atom. The second-order valence-corrected chi connectivity index (χ2v) is 4.23. The van der Waals surface area contributed by atoms with E-state index in [0.717, 1.165) is 18.0 Å². The summed E-state index contributed by atoms with van der Waals surface area (Å²) in [6, 6.07) is 0.666. The van der Waals surface area contributed by atoms with Crippen LogP contribution in [0.25, 0.3) is 0 Å². The lowest BCUT2D eigenvalue weighted by Crippen LogP contribution is -2.42. The van der Waals surface area contributed by atoms with Gasteiger partial charge >= 0.3 is 0 Å². The number of anilines is 1. The van der Waals surface area contributed by atoms with Crippen LogP contribution in [0.4, 0.5) is 5.13 Å². The Labute approximate surface area is 81.7 Å². The van der Waals surface area contributed by atoms with Gasteiger partial charge < -0.3 is 11.1 Å². The van der Waals surface area contributed by atoms with Crippen LogP contribution in [-0.4, -0.2) is 21.4 Å². The van der Waals surface area contributed by atoms with E-state index < -0.39 is 0 Å². The topological polar surface area (TPSA) is 63.8 Å². The lowest BCUT2D eigenvalue weighted by Gasteiger charge is -2.28. The highest BCUT2D eigenvalue weighted by Crippen LogP contribution is 2.21. The number of nitrogens with one attached hydrogen (secondary N) is 1. The summed E-state index contributed by atoms with van der Waals surface area (Å²) in [7, 11) is 0. The van der Waals surface area contributed by atoms with Gasteiger partial charge in [0, 0.05) is 23.6 Å². The summed E-state index contributed by atoms with van der Waals surface area (Å²) in [4.78, 5) is 4.09. The van der Waals surface area contributed by atoms with Crippen LogP contribution in [0.2, 0.25) is 0 Å². The van der Waals surface area contributed by atoms with Crippen LogP contribution in [0.3, 0.4) is 0 Å². The van der Waals surface area contributed by atoms with Crippen LogP contribution in [0.15, 0.2) is 6.33 Å². The molecule has 72 valence electrons. The molecule has 2 rings (SSSR count). The van der Waals surface area contributed by atoms with Crippen molar-refractivity contribution in [3.05, 3.63) is 6.33 Å². The molecule has 5 heteroatoms. The minimum absolute atomic E-state index is 0.276. The summed E-state index contributed by atoms with van der Waals surface area (Å²) in [5.41, 5.74) is 5.99. The molecule has 2 unspecified atom stereocenters. The molecule has 1 heterocycles. The Morgan fingerprint density at radius 3 is 3.00 bits per heavy atom. The lowest BCUT2D eigenvalue weighted by atomic mass is 9.91. The number of nitrogens with zero attached hydrogens (tertiary/aromatic N) is 2. The highest BCUT2D eigenvalue weighted by Gasteiger charge is 2.21. The molecule has 0 aromatic carbocycles. The van der Waals surface area contributed by atoms with E-state index in [1.807, 2.05) is 0 Å². The quantitative estimate of drug-likeness (QED) is 0.750. The molecular weight excluding hydrogens is 184 g/mol. The number of nitrogens with two attached hydrogens (primary N) is 1. The first kappa shape index (κ1) is 8.90. The second kappa shape index (κ2) is 4.02. The van der Waals surface area contributed by atoms with E-state index in [-0.39, 0.29) is 6.04 Å². The first-order chi connectivity index (χ1) is 6.36. The van der Waals surface area contributed by atoms with E-state index in [0.29, 0.717) is 6.04 Å². The van der Waals surface area contributed by atoms with Crippen molar-refractivity contribution in [2.45, 2.75) is 37.8 Å². The standard InChI is InChI=1S/C8H14N4S/c9-6-3-1-2-4-7(6)12-8-10-5-11-13-8/h5-7H,1-4,9H2,(H,10,11,12). The summed E-state index contributed by atoms with van der Waals surface area (Å²) in [6.45, 7) is 0. The molecule has 1 saturated carbocycles. The fourth-order valence-corrected chi connectivity index (χ4v) is 2.23. The van der Waals surface area contributed by atoms with Crippen molar-refractivity contribution >= 4 is 16.7 Å². The van der Waals surface area contributed by atoms with E-state index >= 15 is 0 Å². The third-order valence-corrected chi connectivity index (χ3v) is 3.09. The van der Waals surface area contributed by atoms with E-state index in [9.17, 15) is 0 Å². The molecule has 0 spiro atoms. The Morgan fingerprint density at radius 1 is 1.46 bits per heavy atom. The summed E-state index contributed by atoms with van der Waals surface area (Å²) in [5, 5.41) is 4.22. The van der Waals surface area contributed by atoms with Crippen LogP contribution >= 0.6 is 11.5 Å². The van der Waals surface area contributed by atoms with Crippen LogP contribution in [-0.2, 0) is 0 Å². The van der Waals surface area contributed by atoms with Crippen molar-refractivity contribution in [2.24, 2.45) is 5.73 Å². The molecule has 4 nitrogen and oxygen atoms in total. The number of hydrogen-bond donors (Lipinski definition) is 2. The van der Waals surface area contributed by atoms with Gasteiger partial charge in [0.25, 0.3) is 0 Å². The number of rotatable bonds is 2. The van der Waals surface area contributed by atoms with Crippen molar-refractivity contribution < 1.29 is 0 Å². The fourth-order valence-electron chi connectivity index (χ4n) is 1.73. The molecule has 0 aliphatic heterocycles. The smallest absolute Gasteiger partial charge is 0.202 e. The average molecular weight is 198 g/mol. The Balaban J connectivity index is 1.93. The second-order valence-electron chi connectivity index (χ2n) is 3.45. The molecule has 13 heavy (non-hydrogen) atoms. The zero-order valence-electron chi connectivity index (χ0n) is 7.44. The molecule has 1 aromatic rings. The van der Waals surface area contributed by atoms with Gasteiger partial charge in [-0.15, -0.1) is 0 Å². The molecular formula is C8H14N4S. The molecule has 1 aliphatic rings. The van der Waals surface area contributed by atoms with Crippen molar-refractivity contribution in [3.8, 4) is 0 Å². The van der Waals surface area contributed by atoms with E-state index in [1.165, 1.54) is 24.4 Å². The Hall–Kier alpha value is -0.680. The monoisotopic (exact) mass is 198 g/mol. The molecule has 1 aliphatic carbocycles. The number of hydrogen-bond acceptors (Lipinski definition) is 5. The zero-order valence-corrected chi connectivity index (χ0v) is 8.26.